The summed E-state index contributed by atoms with van der Waals surface area (Å²) in [6.07, 6.45) is 7.09. The van der Waals surface area contributed by atoms with E-state index in [-0.39, 0.29) is 17.9 Å². The summed E-state index contributed by atoms with van der Waals surface area (Å²) in [6, 6.07) is 7.11. The number of hydrogen-bond donors (Lipinski definition) is 3. The summed E-state index contributed by atoms with van der Waals surface area (Å²) in [4.78, 5) is 20.4. The quantitative estimate of drug-likeness (QED) is 0.428. The van der Waals surface area contributed by atoms with Crippen molar-refractivity contribution in [3.8, 4) is 12.3 Å². The van der Waals surface area contributed by atoms with E-state index in [1.54, 1.807) is 37.5 Å². The molecule has 1 aromatic carbocycles. The molecule has 0 bridgehead atoms. The van der Waals surface area contributed by atoms with Gasteiger partial charge in [0.15, 0.2) is 5.96 Å². The second-order valence-corrected chi connectivity index (χ2v) is 6.92. The average Bonchev–Trinajstić information content (AvgIpc) is 3.11. The standard InChI is InChI=1S/C20H25N5O2/c1-6-14-8-7-9-15(10-14)25-17(26)12-23-19(21-5)24-13-18-22-11-16(27-18)20(2,3)4/h1,7-11H,12-13H2,2-5H3,(H,25,26)(H2,21,23,24). The highest BCUT2D eigenvalue weighted by molar-refractivity contribution is 5.95. The Labute approximate surface area is 159 Å². The van der Waals surface area contributed by atoms with Crippen LogP contribution < -0.4 is 16.0 Å². The Morgan fingerprint density at radius 2 is 2.11 bits per heavy atom. The molecule has 142 valence electrons. The van der Waals surface area contributed by atoms with Crippen molar-refractivity contribution < 1.29 is 9.21 Å². The molecule has 3 N–H and O–H groups in total. The third-order valence-corrected chi connectivity index (χ3v) is 3.65. The summed E-state index contributed by atoms with van der Waals surface area (Å²) in [5.74, 6) is 4.16. The summed E-state index contributed by atoms with van der Waals surface area (Å²) < 4.78 is 5.72. The van der Waals surface area contributed by atoms with Crippen molar-refractivity contribution in [2.45, 2.75) is 32.7 Å². The monoisotopic (exact) mass is 367 g/mol. The molecule has 0 aliphatic carbocycles. The van der Waals surface area contributed by atoms with Crippen molar-refractivity contribution in [3.63, 3.8) is 0 Å². The molecule has 0 saturated heterocycles. The van der Waals surface area contributed by atoms with Gasteiger partial charge in [-0.1, -0.05) is 32.8 Å². The maximum absolute atomic E-state index is 12.1. The Bertz CT molecular complexity index is 856. The minimum Gasteiger partial charge on any atom is -0.443 e. The Kier molecular flexibility index (Phi) is 6.61. The molecule has 7 nitrogen and oxygen atoms in total. The lowest BCUT2D eigenvalue weighted by Gasteiger charge is -2.13. The van der Waals surface area contributed by atoms with Gasteiger partial charge in [0, 0.05) is 23.7 Å². The Morgan fingerprint density at radius 3 is 2.74 bits per heavy atom. The Balaban J connectivity index is 1.82. The number of anilines is 1. The molecule has 0 aliphatic rings. The van der Waals surface area contributed by atoms with Gasteiger partial charge in [-0.3, -0.25) is 9.79 Å². The first-order valence-electron chi connectivity index (χ1n) is 8.58. The van der Waals surface area contributed by atoms with E-state index >= 15 is 0 Å². The van der Waals surface area contributed by atoms with Crippen LogP contribution in [0.5, 0.6) is 0 Å². The number of nitrogens with zero attached hydrogens (tertiary/aromatic N) is 2. The van der Waals surface area contributed by atoms with Crippen molar-refractivity contribution in [2.75, 3.05) is 18.9 Å². The molecule has 27 heavy (non-hydrogen) atoms. The second kappa shape index (κ2) is 8.90. The lowest BCUT2D eigenvalue weighted by molar-refractivity contribution is -0.115. The van der Waals surface area contributed by atoms with Crippen molar-refractivity contribution in [3.05, 3.63) is 47.7 Å². The van der Waals surface area contributed by atoms with Gasteiger partial charge in [-0.2, -0.15) is 0 Å². The molecule has 0 atom stereocenters. The van der Waals surface area contributed by atoms with Crippen LogP contribution in [0.2, 0.25) is 0 Å². The lowest BCUT2D eigenvalue weighted by atomic mass is 9.94. The highest BCUT2D eigenvalue weighted by atomic mass is 16.4. The van der Waals surface area contributed by atoms with Gasteiger partial charge in [-0.05, 0) is 18.2 Å². The minimum absolute atomic E-state index is 0.0543. The first-order valence-corrected chi connectivity index (χ1v) is 8.58. The molecule has 2 rings (SSSR count). The van der Waals surface area contributed by atoms with Gasteiger partial charge < -0.3 is 20.4 Å². The van der Waals surface area contributed by atoms with Crippen LogP contribution in [0.4, 0.5) is 5.69 Å². The van der Waals surface area contributed by atoms with Gasteiger partial charge >= 0.3 is 0 Å². The van der Waals surface area contributed by atoms with E-state index in [0.29, 0.717) is 29.6 Å². The number of terminal acetylenes is 1. The van der Waals surface area contributed by atoms with Crippen molar-refractivity contribution in [1.29, 1.82) is 0 Å². The molecule has 0 spiro atoms. The van der Waals surface area contributed by atoms with E-state index in [2.05, 4.69) is 52.6 Å². The van der Waals surface area contributed by atoms with Crippen LogP contribution in [0.25, 0.3) is 0 Å². The largest absolute Gasteiger partial charge is 0.443 e. The molecule has 1 heterocycles. The topological polar surface area (TPSA) is 91.5 Å². The van der Waals surface area contributed by atoms with Gasteiger partial charge in [0.1, 0.15) is 5.76 Å². The van der Waals surface area contributed by atoms with E-state index < -0.39 is 0 Å². The number of carbonyl (C=O) groups excluding carboxylic acids is 1. The number of carbonyl (C=O) groups is 1. The summed E-state index contributed by atoms with van der Waals surface area (Å²) in [7, 11) is 1.62. The number of aromatic nitrogens is 1. The number of benzene rings is 1. The SMILES string of the molecule is C#Cc1cccc(NC(=O)CNC(=NC)NCc2ncc(C(C)(C)C)o2)c1. The van der Waals surface area contributed by atoms with E-state index in [9.17, 15) is 4.79 Å². The number of amides is 1. The molecular weight excluding hydrogens is 342 g/mol. The van der Waals surface area contributed by atoms with Gasteiger partial charge in [0.2, 0.25) is 11.8 Å². The van der Waals surface area contributed by atoms with Gasteiger partial charge in [-0.15, -0.1) is 6.42 Å². The lowest BCUT2D eigenvalue weighted by Crippen LogP contribution is -2.41. The van der Waals surface area contributed by atoms with E-state index in [1.165, 1.54) is 0 Å². The zero-order valence-corrected chi connectivity index (χ0v) is 16.1. The maximum atomic E-state index is 12.1. The van der Waals surface area contributed by atoms with Crippen LogP contribution in [-0.2, 0) is 16.8 Å². The molecule has 1 amide bonds. The third kappa shape index (κ3) is 6.19. The smallest absolute Gasteiger partial charge is 0.243 e. The maximum Gasteiger partial charge on any atom is 0.243 e. The predicted octanol–water partition coefficient (Wildman–Crippen LogP) is 2.26. The summed E-state index contributed by atoms with van der Waals surface area (Å²) in [5.41, 5.74) is 1.26. The zero-order valence-electron chi connectivity index (χ0n) is 16.1. The van der Waals surface area contributed by atoms with Crippen molar-refractivity contribution in [2.24, 2.45) is 4.99 Å². The minimum atomic E-state index is -0.210. The fraction of sp³-hybridized carbons (Fsp3) is 0.350. The highest BCUT2D eigenvalue weighted by Gasteiger charge is 2.19. The molecule has 7 heteroatoms. The number of aliphatic imine (C=N–C) groups is 1. The van der Waals surface area contributed by atoms with E-state index in [4.69, 9.17) is 10.8 Å². The number of guanidine groups is 1. The predicted molar refractivity (Wildman–Crippen MR) is 106 cm³/mol. The van der Waals surface area contributed by atoms with Crippen molar-refractivity contribution >= 4 is 17.6 Å². The first kappa shape index (κ1) is 20.0. The number of hydrogen-bond acceptors (Lipinski definition) is 4. The molecule has 0 unspecified atom stereocenters. The van der Waals surface area contributed by atoms with E-state index in [1.807, 2.05) is 0 Å². The molecule has 0 saturated carbocycles. The molecule has 2 aromatic rings. The van der Waals surface area contributed by atoms with Gasteiger partial charge in [0.25, 0.3) is 0 Å². The van der Waals surface area contributed by atoms with Gasteiger partial charge in [0.05, 0.1) is 19.3 Å². The van der Waals surface area contributed by atoms with Crippen LogP contribution in [0.1, 0.15) is 38.0 Å². The van der Waals surface area contributed by atoms with Crippen LogP contribution in [0.3, 0.4) is 0 Å². The van der Waals surface area contributed by atoms with Crippen LogP contribution in [-0.4, -0.2) is 30.4 Å². The fourth-order valence-electron chi connectivity index (χ4n) is 2.17. The third-order valence-electron chi connectivity index (χ3n) is 3.65. The highest BCUT2D eigenvalue weighted by Crippen LogP contribution is 2.22. The molecule has 0 radical (unpaired) electrons. The number of rotatable bonds is 5. The fourth-order valence-corrected chi connectivity index (χ4v) is 2.17. The molecule has 0 fully saturated rings. The zero-order chi connectivity index (χ0) is 19.9. The number of nitrogens with one attached hydrogen (secondary N) is 3. The average molecular weight is 367 g/mol. The normalized spacial score (nSPS) is 11.6. The second-order valence-electron chi connectivity index (χ2n) is 6.92. The van der Waals surface area contributed by atoms with Crippen LogP contribution >= 0.6 is 0 Å². The summed E-state index contributed by atoms with van der Waals surface area (Å²) in [5, 5.41) is 8.79. The van der Waals surface area contributed by atoms with E-state index in [0.717, 1.165) is 5.76 Å². The Morgan fingerprint density at radius 1 is 1.33 bits per heavy atom. The molecule has 0 aliphatic heterocycles. The molecular formula is C20H25N5O2. The van der Waals surface area contributed by atoms with Gasteiger partial charge in [-0.25, -0.2) is 4.98 Å². The van der Waals surface area contributed by atoms with Crippen molar-refractivity contribution in [1.82, 2.24) is 15.6 Å². The Hall–Kier alpha value is -3.27. The first-order chi connectivity index (χ1) is 12.8. The summed E-state index contributed by atoms with van der Waals surface area (Å²) >= 11 is 0. The molecule has 1 aromatic heterocycles. The van der Waals surface area contributed by atoms with Crippen LogP contribution in [0.15, 0.2) is 39.9 Å². The summed E-state index contributed by atoms with van der Waals surface area (Å²) in [6.45, 7) is 6.59. The van der Waals surface area contributed by atoms with Crippen LogP contribution in [0, 0.1) is 12.3 Å². The number of oxazole rings is 1.